The minimum absolute atomic E-state index is 0.499. The average Bonchev–Trinajstić information content (AvgIpc) is 2.73. The summed E-state index contributed by atoms with van der Waals surface area (Å²) < 4.78 is 5.93. The molecule has 0 saturated heterocycles. The Balaban J connectivity index is 3.22. The Kier molecular flexibility index (Phi) is 13.8. The van der Waals surface area contributed by atoms with Crippen LogP contribution in [-0.4, -0.2) is 28.8 Å². The maximum absolute atomic E-state index is 12.3. The number of rotatable bonds is 18. The molecule has 0 amide bonds. The summed E-state index contributed by atoms with van der Waals surface area (Å²) in [4.78, 5) is 24.5. The Labute approximate surface area is 200 Å². The first-order chi connectivity index (χ1) is 15.7. The third-order valence-electron chi connectivity index (χ3n) is 6.22. The molecule has 0 aromatic heterocycles. The second kappa shape index (κ2) is 15.7. The van der Waals surface area contributed by atoms with Crippen LogP contribution in [0.25, 0.3) is 0 Å². The molecule has 0 saturated carbocycles. The summed E-state index contributed by atoms with van der Waals surface area (Å²) in [5.74, 6) is -1.58. The highest BCUT2D eigenvalue weighted by molar-refractivity contribution is 5.81. The fourth-order valence-electron chi connectivity index (χ4n) is 4.27. The van der Waals surface area contributed by atoms with Crippen LogP contribution >= 0.6 is 0 Å². The molecule has 5 nitrogen and oxygen atoms in total. The van der Waals surface area contributed by atoms with Crippen LogP contribution in [0, 0.1) is 11.8 Å². The molecule has 5 heteroatoms. The van der Waals surface area contributed by atoms with E-state index < -0.39 is 23.8 Å². The van der Waals surface area contributed by atoms with E-state index in [2.05, 4.69) is 34.6 Å². The molecular formula is C28H46O5. The Bertz CT molecular complexity index is 710. The van der Waals surface area contributed by atoms with E-state index in [1.807, 2.05) is 6.07 Å². The van der Waals surface area contributed by atoms with E-state index in [0.717, 1.165) is 44.9 Å². The summed E-state index contributed by atoms with van der Waals surface area (Å²) in [6.07, 6.45) is 8.88. The third-order valence-corrected chi connectivity index (χ3v) is 6.22. The van der Waals surface area contributed by atoms with Crippen LogP contribution in [-0.2, 0) is 9.59 Å². The Morgan fingerprint density at radius 1 is 0.758 bits per heavy atom. The summed E-state index contributed by atoms with van der Waals surface area (Å²) >= 11 is 0. The fourth-order valence-corrected chi connectivity index (χ4v) is 4.27. The minimum atomic E-state index is -0.897. The summed E-state index contributed by atoms with van der Waals surface area (Å²) in [7, 11) is 0. The number of hydrogen-bond donors (Lipinski definition) is 2. The SMILES string of the molecule is CCCCCCOc1ccc(C(CCCC(C)C)C(=O)O)c(C(CCCC(C)C)C(=O)O)c1. The molecule has 2 unspecified atom stereocenters. The largest absolute Gasteiger partial charge is 0.494 e. The van der Waals surface area contributed by atoms with Crippen LogP contribution in [0.1, 0.15) is 122 Å². The first kappa shape index (κ1) is 29.0. The molecular weight excluding hydrogens is 416 g/mol. The second-order valence-electron chi connectivity index (χ2n) is 10.1. The van der Waals surface area contributed by atoms with Crippen molar-refractivity contribution in [1.82, 2.24) is 0 Å². The van der Waals surface area contributed by atoms with E-state index in [0.29, 0.717) is 48.2 Å². The normalized spacial score (nSPS) is 13.3. The van der Waals surface area contributed by atoms with E-state index in [1.54, 1.807) is 12.1 Å². The second-order valence-corrected chi connectivity index (χ2v) is 10.1. The molecule has 0 radical (unpaired) electrons. The fraction of sp³-hybridized carbons (Fsp3) is 0.714. The number of benzene rings is 1. The van der Waals surface area contributed by atoms with Gasteiger partial charge in [-0.15, -0.1) is 0 Å². The van der Waals surface area contributed by atoms with Crippen molar-refractivity contribution in [1.29, 1.82) is 0 Å². The van der Waals surface area contributed by atoms with Gasteiger partial charge in [0.2, 0.25) is 0 Å². The van der Waals surface area contributed by atoms with Crippen molar-refractivity contribution in [3.05, 3.63) is 29.3 Å². The lowest BCUT2D eigenvalue weighted by Crippen LogP contribution is -2.19. The molecule has 1 aromatic carbocycles. The number of hydrogen-bond acceptors (Lipinski definition) is 3. The maximum atomic E-state index is 12.3. The minimum Gasteiger partial charge on any atom is -0.494 e. The van der Waals surface area contributed by atoms with Crippen molar-refractivity contribution in [3.63, 3.8) is 0 Å². The quantitative estimate of drug-likeness (QED) is 0.219. The van der Waals surface area contributed by atoms with Gasteiger partial charge in [0.1, 0.15) is 5.75 Å². The number of aliphatic carboxylic acids is 2. The van der Waals surface area contributed by atoms with E-state index >= 15 is 0 Å². The van der Waals surface area contributed by atoms with Crippen molar-refractivity contribution in [2.45, 2.75) is 111 Å². The van der Waals surface area contributed by atoms with Crippen molar-refractivity contribution in [2.24, 2.45) is 11.8 Å². The van der Waals surface area contributed by atoms with Gasteiger partial charge in [-0.3, -0.25) is 9.59 Å². The number of ether oxygens (including phenoxy) is 1. The zero-order chi connectivity index (χ0) is 24.8. The van der Waals surface area contributed by atoms with Gasteiger partial charge < -0.3 is 14.9 Å². The van der Waals surface area contributed by atoms with Crippen molar-refractivity contribution in [2.75, 3.05) is 6.61 Å². The number of carboxylic acid groups (broad SMARTS) is 2. The highest BCUT2D eigenvalue weighted by Crippen LogP contribution is 2.36. The zero-order valence-electron chi connectivity index (χ0n) is 21.4. The zero-order valence-corrected chi connectivity index (χ0v) is 21.4. The molecule has 0 heterocycles. The lowest BCUT2D eigenvalue weighted by Gasteiger charge is -2.23. The van der Waals surface area contributed by atoms with Crippen LogP contribution in [0.2, 0.25) is 0 Å². The van der Waals surface area contributed by atoms with Gasteiger partial charge in [0.05, 0.1) is 18.4 Å². The molecule has 0 aliphatic carbocycles. The van der Waals surface area contributed by atoms with Crippen molar-refractivity contribution in [3.8, 4) is 5.75 Å². The van der Waals surface area contributed by atoms with Gasteiger partial charge in [0, 0.05) is 0 Å². The van der Waals surface area contributed by atoms with E-state index in [4.69, 9.17) is 4.74 Å². The molecule has 33 heavy (non-hydrogen) atoms. The number of carboxylic acids is 2. The number of carbonyl (C=O) groups is 2. The Morgan fingerprint density at radius 3 is 1.79 bits per heavy atom. The Morgan fingerprint density at radius 2 is 1.30 bits per heavy atom. The monoisotopic (exact) mass is 462 g/mol. The van der Waals surface area contributed by atoms with Crippen LogP contribution in [0.5, 0.6) is 5.75 Å². The smallest absolute Gasteiger partial charge is 0.310 e. The molecule has 0 aliphatic heterocycles. The molecule has 2 atom stereocenters. The first-order valence-electron chi connectivity index (χ1n) is 12.9. The van der Waals surface area contributed by atoms with Gasteiger partial charge in [-0.25, -0.2) is 0 Å². The molecule has 0 spiro atoms. The summed E-state index contributed by atoms with van der Waals surface area (Å²) in [6, 6.07) is 5.40. The molecule has 0 fully saturated rings. The van der Waals surface area contributed by atoms with E-state index in [1.165, 1.54) is 6.42 Å². The molecule has 2 N–H and O–H groups in total. The summed E-state index contributed by atoms with van der Waals surface area (Å²) in [6.45, 7) is 11.3. The molecule has 0 bridgehead atoms. The van der Waals surface area contributed by atoms with Gasteiger partial charge in [0.25, 0.3) is 0 Å². The third kappa shape index (κ3) is 11.1. The van der Waals surface area contributed by atoms with Gasteiger partial charge >= 0.3 is 11.9 Å². The van der Waals surface area contributed by atoms with Gasteiger partial charge in [0.15, 0.2) is 0 Å². The van der Waals surface area contributed by atoms with Gasteiger partial charge in [-0.2, -0.15) is 0 Å². The average molecular weight is 463 g/mol. The standard InChI is InChI=1S/C28H46O5/c1-6-7-8-9-18-33-22-16-17-23(24(27(29)30)14-10-12-20(2)3)26(19-22)25(28(31)32)15-11-13-21(4)5/h16-17,19-21,24-25H,6-15,18H2,1-5H3,(H,29,30)(H,31,32). The van der Waals surface area contributed by atoms with Gasteiger partial charge in [-0.1, -0.05) is 85.6 Å². The first-order valence-corrected chi connectivity index (χ1v) is 12.9. The van der Waals surface area contributed by atoms with Gasteiger partial charge in [-0.05, 0) is 54.4 Å². The Hall–Kier alpha value is -2.04. The summed E-state index contributed by atoms with van der Waals surface area (Å²) in [5.41, 5.74) is 1.23. The van der Waals surface area contributed by atoms with Crippen LogP contribution in [0.3, 0.4) is 0 Å². The van der Waals surface area contributed by atoms with E-state index in [9.17, 15) is 19.8 Å². The molecule has 1 rings (SSSR count). The molecule has 1 aromatic rings. The predicted molar refractivity (Wildman–Crippen MR) is 134 cm³/mol. The van der Waals surface area contributed by atoms with E-state index in [-0.39, 0.29) is 0 Å². The van der Waals surface area contributed by atoms with Crippen molar-refractivity contribution >= 4 is 11.9 Å². The van der Waals surface area contributed by atoms with Crippen LogP contribution in [0.4, 0.5) is 0 Å². The highest BCUT2D eigenvalue weighted by atomic mass is 16.5. The summed E-state index contributed by atoms with van der Waals surface area (Å²) in [5, 5.41) is 20.1. The topological polar surface area (TPSA) is 83.8 Å². The highest BCUT2D eigenvalue weighted by Gasteiger charge is 2.29. The van der Waals surface area contributed by atoms with Crippen LogP contribution < -0.4 is 4.74 Å². The lowest BCUT2D eigenvalue weighted by molar-refractivity contribution is -0.140. The molecule has 0 aliphatic rings. The van der Waals surface area contributed by atoms with Crippen LogP contribution in [0.15, 0.2) is 18.2 Å². The number of unbranched alkanes of at least 4 members (excludes halogenated alkanes) is 3. The molecule has 188 valence electrons. The predicted octanol–water partition coefficient (Wildman–Crippen LogP) is 7.63. The maximum Gasteiger partial charge on any atom is 0.310 e. The van der Waals surface area contributed by atoms with Crippen molar-refractivity contribution < 1.29 is 24.5 Å². The lowest BCUT2D eigenvalue weighted by atomic mass is 9.82.